The van der Waals surface area contributed by atoms with Crippen LogP contribution in [0.1, 0.15) is 45.9 Å². The van der Waals surface area contributed by atoms with E-state index >= 15 is 0 Å². The molecular formula is C13H23N. The van der Waals surface area contributed by atoms with Gasteiger partial charge in [-0.25, -0.2) is 0 Å². The Bertz CT molecular complexity index is 221. The Morgan fingerprint density at radius 2 is 1.64 bits per heavy atom. The van der Waals surface area contributed by atoms with Gasteiger partial charge in [-0.3, -0.25) is 4.98 Å². The van der Waals surface area contributed by atoms with E-state index in [4.69, 9.17) is 0 Å². The Morgan fingerprint density at radius 1 is 1.07 bits per heavy atom. The molecule has 80 valence electrons. The van der Waals surface area contributed by atoms with Crippen LogP contribution in [-0.2, 0) is 0 Å². The second-order valence-electron chi connectivity index (χ2n) is 2.23. The summed E-state index contributed by atoms with van der Waals surface area (Å²) in [6.45, 7) is 12.0. The van der Waals surface area contributed by atoms with E-state index in [0.717, 1.165) is 11.3 Å². The first-order valence-electron chi connectivity index (χ1n) is 5.38. The van der Waals surface area contributed by atoms with E-state index in [0.29, 0.717) is 0 Å². The van der Waals surface area contributed by atoms with Crippen molar-refractivity contribution in [2.45, 2.75) is 41.5 Å². The lowest BCUT2D eigenvalue weighted by Gasteiger charge is -1.91. The average Bonchev–Trinajstić information content (AvgIpc) is 2.28. The largest absolute Gasteiger partial charge is 0.261 e. The Morgan fingerprint density at radius 3 is 2.00 bits per heavy atom. The first-order valence-corrected chi connectivity index (χ1v) is 5.38. The minimum atomic E-state index is 1.06. The van der Waals surface area contributed by atoms with Crippen molar-refractivity contribution in [1.82, 2.24) is 4.98 Å². The van der Waals surface area contributed by atoms with Crippen molar-refractivity contribution in [2.75, 3.05) is 0 Å². The molecule has 14 heavy (non-hydrogen) atoms. The number of aryl methyl sites for hydroxylation is 1. The molecule has 1 aromatic rings. The standard InChI is InChI=1S/C9H11N.2C2H6/c1-3-4-9-6-5-8(2)10-7-9;2*1-2/h3-7H,1-2H3;2*1-2H3/b4-3+;;. The molecule has 0 aromatic carbocycles. The molecule has 0 saturated carbocycles. The van der Waals surface area contributed by atoms with Crippen LogP contribution in [-0.4, -0.2) is 4.98 Å². The summed E-state index contributed by atoms with van der Waals surface area (Å²) < 4.78 is 0. The van der Waals surface area contributed by atoms with Crippen LogP contribution in [0.5, 0.6) is 0 Å². The van der Waals surface area contributed by atoms with Gasteiger partial charge >= 0.3 is 0 Å². The lowest BCUT2D eigenvalue weighted by atomic mass is 10.2. The number of hydrogen-bond donors (Lipinski definition) is 0. The van der Waals surface area contributed by atoms with Crippen LogP contribution in [0.25, 0.3) is 6.08 Å². The number of allylic oxidation sites excluding steroid dienone is 1. The molecule has 1 nitrogen and oxygen atoms in total. The van der Waals surface area contributed by atoms with Gasteiger partial charge in [-0.1, -0.05) is 45.9 Å². The number of rotatable bonds is 1. The monoisotopic (exact) mass is 193 g/mol. The molecule has 0 atom stereocenters. The summed E-state index contributed by atoms with van der Waals surface area (Å²) >= 11 is 0. The summed E-state index contributed by atoms with van der Waals surface area (Å²) in [6, 6.07) is 4.07. The molecule has 1 rings (SSSR count). The summed E-state index contributed by atoms with van der Waals surface area (Å²) in [5.74, 6) is 0. The van der Waals surface area contributed by atoms with Crippen LogP contribution in [0.3, 0.4) is 0 Å². The molecule has 0 aliphatic carbocycles. The third-order valence-corrected chi connectivity index (χ3v) is 1.29. The molecule has 0 N–H and O–H groups in total. The van der Waals surface area contributed by atoms with Crippen molar-refractivity contribution in [3.8, 4) is 0 Å². The maximum Gasteiger partial charge on any atom is 0.0373 e. The van der Waals surface area contributed by atoms with E-state index in [1.165, 1.54) is 0 Å². The zero-order valence-corrected chi connectivity index (χ0v) is 10.3. The summed E-state index contributed by atoms with van der Waals surface area (Å²) in [4.78, 5) is 4.15. The van der Waals surface area contributed by atoms with Gasteiger partial charge in [0.25, 0.3) is 0 Å². The number of nitrogens with zero attached hydrogens (tertiary/aromatic N) is 1. The van der Waals surface area contributed by atoms with Gasteiger partial charge in [-0.05, 0) is 25.5 Å². The molecule has 0 saturated heterocycles. The predicted molar refractivity (Wildman–Crippen MR) is 66.4 cm³/mol. The third-order valence-electron chi connectivity index (χ3n) is 1.29. The zero-order chi connectivity index (χ0) is 11.4. The van der Waals surface area contributed by atoms with E-state index in [9.17, 15) is 0 Å². The topological polar surface area (TPSA) is 12.9 Å². The molecule has 0 radical (unpaired) electrons. The summed E-state index contributed by atoms with van der Waals surface area (Å²) in [5, 5.41) is 0. The Hall–Kier alpha value is -1.11. The van der Waals surface area contributed by atoms with Crippen molar-refractivity contribution in [2.24, 2.45) is 0 Å². The molecule has 1 aromatic heterocycles. The Labute approximate surface area is 88.9 Å². The van der Waals surface area contributed by atoms with E-state index in [1.807, 2.05) is 66.0 Å². The summed E-state index contributed by atoms with van der Waals surface area (Å²) in [5.41, 5.74) is 2.22. The number of hydrogen-bond acceptors (Lipinski definition) is 1. The highest BCUT2D eigenvalue weighted by molar-refractivity contribution is 5.47. The van der Waals surface area contributed by atoms with Crippen LogP contribution in [0.4, 0.5) is 0 Å². The predicted octanol–water partition coefficient (Wildman–Crippen LogP) is 4.48. The molecule has 0 aliphatic heterocycles. The fraction of sp³-hybridized carbons (Fsp3) is 0.462. The second kappa shape index (κ2) is 11.9. The lowest BCUT2D eigenvalue weighted by Crippen LogP contribution is -1.79. The van der Waals surface area contributed by atoms with Crippen LogP contribution < -0.4 is 0 Å². The maximum atomic E-state index is 4.15. The highest BCUT2D eigenvalue weighted by Crippen LogP contribution is 2.00. The lowest BCUT2D eigenvalue weighted by molar-refractivity contribution is 1.19. The van der Waals surface area contributed by atoms with Crippen LogP contribution in [0.15, 0.2) is 24.4 Å². The van der Waals surface area contributed by atoms with Crippen LogP contribution >= 0.6 is 0 Å². The number of aromatic nitrogens is 1. The zero-order valence-electron chi connectivity index (χ0n) is 10.3. The van der Waals surface area contributed by atoms with E-state index < -0.39 is 0 Å². The maximum absolute atomic E-state index is 4.15. The Balaban J connectivity index is 0. The van der Waals surface area contributed by atoms with E-state index in [-0.39, 0.29) is 0 Å². The van der Waals surface area contributed by atoms with Gasteiger partial charge in [-0.2, -0.15) is 0 Å². The van der Waals surface area contributed by atoms with E-state index in [2.05, 4.69) is 11.1 Å². The van der Waals surface area contributed by atoms with Crippen molar-refractivity contribution in [1.29, 1.82) is 0 Å². The second-order valence-corrected chi connectivity index (χ2v) is 2.23. The first-order chi connectivity index (χ1) is 6.83. The van der Waals surface area contributed by atoms with Gasteiger partial charge in [0.1, 0.15) is 0 Å². The van der Waals surface area contributed by atoms with Gasteiger partial charge < -0.3 is 0 Å². The molecule has 1 heterocycles. The molecule has 0 spiro atoms. The fourth-order valence-corrected chi connectivity index (χ4v) is 0.770. The molecule has 1 heteroatoms. The third kappa shape index (κ3) is 7.53. The van der Waals surface area contributed by atoms with Gasteiger partial charge in [0.05, 0.1) is 0 Å². The van der Waals surface area contributed by atoms with Gasteiger partial charge in [0.2, 0.25) is 0 Å². The average molecular weight is 193 g/mol. The van der Waals surface area contributed by atoms with Crippen LogP contribution in [0, 0.1) is 6.92 Å². The smallest absolute Gasteiger partial charge is 0.0373 e. The van der Waals surface area contributed by atoms with Crippen LogP contribution in [0.2, 0.25) is 0 Å². The Kier molecular flexibility index (Phi) is 13.1. The highest BCUT2D eigenvalue weighted by atomic mass is 14.6. The fourth-order valence-electron chi connectivity index (χ4n) is 0.770. The highest BCUT2D eigenvalue weighted by Gasteiger charge is 1.84. The SMILES string of the molecule is C/C=C/c1ccc(C)nc1.CC.CC. The molecule has 0 unspecified atom stereocenters. The van der Waals surface area contributed by atoms with Crippen molar-refractivity contribution >= 4 is 6.08 Å². The van der Waals surface area contributed by atoms with Crippen molar-refractivity contribution < 1.29 is 0 Å². The van der Waals surface area contributed by atoms with Crippen molar-refractivity contribution in [3.63, 3.8) is 0 Å². The first kappa shape index (κ1) is 15.4. The quantitative estimate of drug-likeness (QED) is 0.641. The summed E-state index contributed by atoms with van der Waals surface area (Å²) in [6.07, 6.45) is 5.91. The van der Waals surface area contributed by atoms with E-state index in [1.54, 1.807) is 0 Å². The van der Waals surface area contributed by atoms with Gasteiger partial charge in [-0.15, -0.1) is 0 Å². The van der Waals surface area contributed by atoms with Gasteiger partial charge in [0.15, 0.2) is 0 Å². The molecular weight excluding hydrogens is 170 g/mol. The molecule has 0 fully saturated rings. The number of pyridine rings is 1. The normalized spacial score (nSPS) is 8.43. The minimum absolute atomic E-state index is 1.06. The van der Waals surface area contributed by atoms with Crippen molar-refractivity contribution in [3.05, 3.63) is 35.7 Å². The molecule has 0 bridgehead atoms. The summed E-state index contributed by atoms with van der Waals surface area (Å²) in [7, 11) is 0. The van der Waals surface area contributed by atoms with Gasteiger partial charge in [0, 0.05) is 11.9 Å². The molecule has 0 amide bonds. The minimum Gasteiger partial charge on any atom is -0.261 e. The molecule has 0 aliphatic rings.